The summed E-state index contributed by atoms with van der Waals surface area (Å²) in [5.41, 5.74) is 22.1. The summed E-state index contributed by atoms with van der Waals surface area (Å²) in [5, 5.41) is 2.43. The van der Waals surface area contributed by atoms with E-state index in [4.69, 9.17) is 0 Å². The smallest absolute Gasteiger partial charge is 0.0714 e. The lowest BCUT2D eigenvalue weighted by Gasteiger charge is -2.35. The molecule has 0 fully saturated rings. The molecule has 0 saturated carbocycles. The molecule has 0 aromatic heterocycles. The zero-order valence-electron chi connectivity index (χ0n) is 39.7. The molecule has 0 radical (unpaired) electrons. The van der Waals surface area contributed by atoms with Gasteiger partial charge in [0.1, 0.15) is 0 Å². The first-order valence-corrected chi connectivity index (χ1v) is 24.9. The van der Waals surface area contributed by atoms with Crippen molar-refractivity contribution >= 4 is 27.8 Å². The summed E-state index contributed by atoms with van der Waals surface area (Å²) in [6.45, 7) is 0. The molecule has 13 rings (SSSR count). The average Bonchev–Trinajstić information content (AvgIpc) is 3.76. The van der Waals surface area contributed by atoms with Crippen LogP contribution in [0.3, 0.4) is 0 Å². The van der Waals surface area contributed by atoms with Crippen LogP contribution in [0.2, 0.25) is 0 Å². The van der Waals surface area contributed by atoms with Gasteiger partial charge >= 0.3 is 0 Å². The lowest BCUT2D eigenvalue weighted by molar-refractivity contribution is 0.768. The molecular formula is C71H49N. The molecule has 1 aliphatic rings. The second-order valence-corrected chi connectivity index (χ2v) is 18.8. The monoisotopic (exact) mass is 915 g/mol. The SMILES string of the molecule is c1ccc(-c2ccc(-c3ccc(N(c4ccc(-c5ccc(-c6ccccc6)cc5)cc4)c4cc5c(cc4-c4ccc6ccccc6c4)-c4ccccc4C5(c4ccccc4)c4ccccc4)cc3)cc2)cc1. The van der Waals surface area contributed by atoms with E-state index in [9.17, 15) is 0 Å². The van der Waals surface area contributed by atoms with E-state index < -0.39 is 5.41 Å². The molecule has 0 amide bonds. The highest BCUT2D eigenvalue weighted by Gasteiger charge is 2.47. The van der Waals surface area contributed by atoms with Crippen LogP contribution >= 0.6 is 0 Å². The Hall–Kier alpha value is -9.30. The Morgan fingerprint density at radius 2 is 0.597 bits per heavy atom. The van der Waals surface area contributed by atoms with Crippen molar-refractivity contribution in [3.8, 4) is 66.8 Å². The Morgan fingerprint density at radius 1 is 0.222 bits per heavy atom. The number of hydrogen-bond donors (Lipinski definition) is 0. The predicted octanol–water partition coefficient (Wildman–Crippen LogP) is 19.0. The van der Waals surface area contributed by atoms with Gasteiger partial charge in [0, 0.05) is 16.9 Å². The molecule has 0 aliphatic heterocycles. The molecule has 338 valence electrons. The zero-order valence-corrected chi connectivity index (χ0v) is 39.7. The van der Waals surface area contributed by atoms with Gasteiger partial charge in [-0.1, -0.05) is 255 Å². The molecule has 0 heterocycles. The Bertz CT molecular complexity index is 3680. The van der Waals surface area contributed by atoms with Gasteiger partial charge in [-0.2, -0.15) is 0 Å². The number of hydrogen-bond acceptors (Lipinski definition) is 1. The molecule has 1 aliphatic carbocycles. The van der Waals surface area contributed by atoms with E-state index in [0.717, 1.165) is 28.2 Å². The summed E-state index contributed by atoms with van der Waals surface area (Å²) in [7, 11) is 0. The van der Waals surface area contributed by atoms with E-state index in [1.54, 1.807) is 0 Å². The van der Waals surface area contributed by atoms with Crippen molar-refractivity contribution in [1.82, 2.24) is 0 Å². The maximum absolute atomic E-state index is 2.52. The maximum atomic E-state index is 2.52. The number of anilines is 3. The molecule has 12 aromatic carbocycles. The van der Waals surface area contributed by atoms with Crippen LogP contribution in [0.1, 0.15) is 22.3 Å². The fourth-order valence-electron chi connectivity index (χ4n) is 11.3. The van der Waals surface area contributed by atoms with Gasteiger partial charge in [-0.15, -0.1) is 0 Å². The van der Waals surface area contributed by atoms with E-state index in [-0.39, 0.29) is 0 Å². The maximum Gasteiger partial charge on any atom is 0.0714 e. The molecule has 1 heteroatoms. The highest BCUT2D eigenvalue weighted by molar-refractivity contribution is 5.99. The summed E-state index contributed by atoms with van der Waals surface area (Å²) >= 11 is 0. The third-order valence-corrected chi connectivity index (χ3v) is 14.8. The third kappa shape index (κ3) is 7.51. The lowest BCUT2D eigenvalue weighted by Crippen LogP contribution is -2.28. The highest BCUT2D eigenvalue weighted by Crippen LogP contribution is 2.59. The summed E-state index contributed by atoms with van der Waals surface area (Å²) in [4.78, 5) is 2.49. The van der Waals surface area contributed by atoms with Crippen LogP contribution in [0.15, 0.2) is 297 Å². The fourth-order valence-corrected chi connectivity index (χ4v) is 11.3. The third-order valence-electron chi connectivity index (χ3n) is 14.8. The second kappa shape index (κ2) is 18.2. The van der Waals surface area contributed by atoms with Crippen LogP contribution in [-0.2, 0) is 5.41 Å². The lowest BCUT2D eigenvalue weighted by atomic mass is 9.67. The molecule has 0 atom stereocenters. The predicted molar refractivity (Wildman–Crippen MR) is 303 cm³/mol. The molecule has 0 N–H and O–H groups in total. The normalized spacial score (nSPS) is 12.3. The fraction of sp³-hybridized carbons (Fsp3) is 0.0141. The molecule has 0 saturated heterocycles. The van der Waals surface area contributed by atoms with Crippen molar-refractivity contribution in [2.24, 2.45) is 0 Å². The topological polar surface area (TPSA) is 3.24 Å². The summed E-state index contributed by atoms with van der Waals surface area (Å²) < 4.78 is 0. The van der Waals surface area contributed by atoms with Crippen molar-refractivity contribution < 1.29 is 0 Å². The van der Waals surface area contributed by atoms with Crippen LogP contribution in [0, 0.1) is 0 Å². The number of fused-ring (bicyclic) bond motifs is 4. The van der Waals surface area contributed by atoms with Crippen molar-refractivity contribution in [3.05, 3.63) is 320 Å². The van der Waals surface area contributed by atoms with Gasteiger partial charge in [0.2, 0.25) is 0 Å². The summed E-state index contributed by atoms with van der Waals surface area (Å²) in [6, 6.07) is 109. The average molecular weight is 916 g/mol. The first kappa shape index (κ1) is 42.8. The Kier molecular flexibility index (Phi) is 10.8. The molecule has 12 aromatic rings. The second-order valence-electron chi connectivity index (χ2n) is 18.8. The summed E-state index contributed by atoms with van der Waals surface area (Å²) in [6.07, 6.45) is 0. The Labute approximate surface area is 422 Å². The van der Waals surface area contributed by atoms with Gasteiger partial charge in [-0.3, -0.25) is 0 Å². The van der Waals surface area contributed by atoms with Crippen LogP contribution < -0.4 is 4.90 Å². The van der Waals surface area contributed by atoms with Crippen molar-refractivity contribution in [2.45, 2.75) is 5.41 Å². The van der Waals surface area contributed by atoms with E-state index in [1.807, 2.05) is 0 Å². The van der Waals surface area contributed by atoms with Crippen LogP contribution in [0.5, 0.6) is 0 Å². The number of rotatable bonds is 10. The van der Waals surface area contributed by atoms with Gasteiger partial charge in [0.05, 0.1) is 11.1 Å². The molecule has 0 unspecified atom stereocenters. The summed E-state index contributed by atoms with van der Waals surface area (Å²) in [5.74, 6) is 0. The van der Waals surface area contributed by atoms with Crippen molar-refractivity contribution in [3.63, 3.8) is 0 Å². The van der Waals surface area contributed by atoms with Crippen LogP contribution in [0.25, 0.3) is 77.5 Å². The minimum Gasteiger partial charge on any atom is -0.310 e. The largest absolute Gasteiger partial charge is 0.310 e. The minimum atomic E-state index is -0.581. The quantitative estimate of drug-likeness (QED) is 0.132. The molecular weight excluding hydrogens is 867 g/mol. The first-order chi connectivity index (χ1) is 35.7. The Morgan fingerprint density at radius 3 is 1.08 bits per heavy atom. The number of benzene rings is 12. The van der Waals surface area contributed by atoms with E-state index >= 15 is 0 Å². The van der Waals surface area contributed by atoms with Gasteiger partial charge in [0.25, 0.3) is 0 Å². The minimum absolute atomic E-state index is 0.581. The Balaban J connectivity index is 1.03. The van der Waals surface area contributed by atoms with Crippen LogP contribution in [-0.4, -0.2) is 0 Å². The van der Waals surface area contributed by atoms with E-state index in [1.165, 1.54) is 88.7 Å². The molecule has 0 spiro atoms. The van der Waals surface area contributed by atoms with Crippen molar-refractivity contribution in [1.29, 1.82) is 0 Å². The van der Waals surface area contributed by atoms with Gasteiger partial charge in [0.15, 0.2) is 0 Å². The zero-order chi connectivity index (χ0) is 47.8. The highest BCUT2D eigenvalue weighted by atomic mass is 15.1. The standard InChI is InChI=1S/C71H49N/c1-5-17-50(18-6-1)53-29-33-55(34-30-53)57-39-43-63(44-40-57)72(64-45-41-58(42-46-64)56-35-31-54(32-36-56)51-19-7-2-8-20-51)70-49-69-67(48-66(70)60-38-37-52-21-13-14-22-59(52)47-60)65-27-15-16-28-68(65)71(69,61-23-9-3-10-24-61)62-25-11-4-12-26-62/h1-49H. The van der Waals surface area contributed by atoms with Gasteiger partial charge in [-0.25, -0.2) is 0 Å². The van der Waals surface area contributed by atoms with Gasteiger partial charge in [-0.05, 0) is 137 Å². The first-order valence-electron chi connectivity index (χ1n) is 24.9. The van der Waals surface area contributed by atoms with Gasteiger partial charge < -0.3 is 4.90 Å². The number of nitrogens with zero attached hydrogens (tertiary/aromatic N) is 1. The van der Waals surface area contributed by atoms with E-state index in [0.29, 0.717) is 0 Å². The van der Waals surface area contributed by atoms with E-state index in [2.05, 4.69) is 302 Å². The molecule has 0 bridgehead atoms. The molecule has 72 heavy (non-hydrogen) atoms. The molecule has 1 nitrogen and oxygen atoms in total. The van der Waals surface area contributed by atoms with Crippen molar-refractivity contribution in [2.75, 3.05) is 4.90 Å². The van der Waals surface area contributed by atoms with Crippen LogP contribution in [0.4, 0.5) is 17.1 Å².